The highest BCUT2D eigenvalue weighted by Crippen LogP contribution is 2.32. The van der Waals surface area contributed by atoms with E-state index in [1.165, 1.54) is 0 Å². The van der Waals surface area contributed by atoms with Crippen molar-refractivity contribution < 1.29 is 50.0 Å². The summed E-state index contributed by atoms with van der Waals surface area (Å²) in [5.41, 5.74) is 2.40. The third-order valence-corrected chi connectivity index (χ3v) is 7.19. The second-order valence-corrected chi connectivity index (χ2v) is 10.5. The number of benzene rings is 1. The normalized spacial score (nSPS) is 23.5. The van der Waals surface area contributed by atoms with E-state index in [4.69, 9.17) is 14.2 Å². The van der Waals surface area contributed by atoms with Gasteiger partial charge in [-0.15, -0.1) is 5.10 Å². The minimum Gasteiger partial charge on any atom is -0.494 e. The highest BCUT2D eigenvalue weighted by atomic mass is 16.7. The Morgan fingerprint density at radius 1 is 1.05 bits per heavy atom. The van der Waals surface area contributed by atoms with Gasteiger partial charge in [0, 0.05) is 17.7 Å². The fourth-order valence-electron chi connectivity index (χ4n) is 4.46. The van der Waals surface area contributed by atoms with Crippen molar-refractivity contribution >= 4 is 0 Å². The van der Waals surface area contributed by atoms with Gasteiger partial charge in [-0.25, -0.2) is 0 Å². The second kappa shape index (κ2) is 14.5. The highest BCUT2D eigenvalue weighted by Gasteiger charge is 2.45. The molecule has 0 amide bonds. The van der Waals surface area contributed by atoms with E-state index < -0.39 is 42.9 Å². The average molecular weight is 570 g/mol. The topological polar surface area (TPSA) is 210 Å². The van der Waals surface area contributed by atoms with Crippen molar-refractivity contribution in [3.05, 3.63) is 40.6 Å². The summed E-state index contributed by atoms with van der Waals surface area (Å²) in [4.78, 5) is 0. The molecule has 2 heterocycles. The predicted octanol–water partition coefficient (Wildman–Crippen LogP) is -1.31. The smallest absolute Gasteiger partial charge is 0.238 e. The van der Waals surface area contributed by atoms with Gasteiger partial charge in [0.2, 0.25) is 12.2 Å². The number of hydrogen-bond acceptors (Lipinski definition) is 12. The fourth-order valence-corrected chi connectivity index (χ4v) is 4.46. The van der Waals surface area contributed by atoms with Gasteiger partial charge >= 0.3 is 0 Å². The molecule has 1 aromatic carbocycles. The number of ether oxygens (including phenoxy) is 3. The molecule has 0 unspecified atom stereocenters. The van der Waals surface area contributed by atoms with E-state index in [2.05, 4.69) is 15.5 Å². The van der Waals surface area contributed by atoms with Crippen LogP contribution in [0.5, 0.6) is 11.6 Å². The minimum absolute atomic E-state index is 0.0763. The van der Waals surface area contributed by atoms with E-state index in [9.17, 15) is 35.7 Å². The van der Waals surface area contributed by atoms with Crippen molar-refractivity contribution in [3.63, 3.8) is 0 Å². The summed E-state index contributed by atoms with van der Waals surface area (Å²) >= 11 is 0. The lowest BCUT2D eigenvalue weighted by atomic mass is 9.96. The molecular formula is C27H43N3O10. The third kappa shape index (κ3) is 7.49. The van der Waals surface area contributed by atoms with Gasteiger partial charge in [-0.1, -0.05) is 19.9 Å². The molecule has 0 saturated carbocycles. The Hall–Kier alpha value is -2.33. The molecule has 3 rings (SSSR count). The third-order valence-electron chi connectivity index (χ3n) is 7.19. The van der Waals surface area contributed by atoms with Crippen LogP contribution < -0.4 is 14.8 Å². The second-order valence-electron chi connectivity index (χ2n) is 10.5. The molecule has 1 aromatic heterocycles. The highest BCUT2D eigenvalue weighted by molar-refractivity contribution is 5.42. The van der Waals surface area contributed by atoms with Gasteiger partial charge in [0.05, 0.1) is 38.6 Å². The Kier molecular flexibility index (Phi) is 11.7. The summed E-state index contributed by atoms with van der Waals surface area (Å²) in [7, 11) is 0. The van der Waals surface area contributed by atoms with Crippen LogP contribution in [0, 0.1) is 6.92 Å². The zero-order chi connectivity index (χ0) is 29.4. The molecule has 5 atom stereocenters. The molecule has 1 aliphatic heterocycles. The van der Waals surface area contributed by atoms with Crippen molar-refractivity contribution in [1.29, 1.82) is 0 Å². The number of nitrogens with zero attached hydrogens (tertiary/aromatic N) is 1. The van der Waals surface area contributed by atoms with E-state index in [1.54, 1.807) is 0 Å². The molecule has 2 aromatic rings. The number of aliphatic hydroxyl groups is 7. The lowest BCUT2D eigenvalue weighted by molar-refractivity contribution is -0.278. The zero-order valence-corrected chi connectivity index (χ0v) is 23.2. The average Bonchev–Trinajstić information content (AvgIpc) is 3.35. The number of nitrogens with one attached hydrogen (secondary N) is 2. The molecule has 9 N–H and O–H groups in total. The SMILES string of the molecule is Cc1cc(OCCCNC(CO)(CO)CO)ccc1Cc1c(O[C@@H]2O[C@H](CO)[C@H](O)[C@H](O)[C@H]2O)n[nH]c1C(C)C. The van der Waals surface area contributed by atoms with Crippen molar-refractivity contribution in [2.45, 2.75) is 75.8 Å². The number of aryl methyl sites for hydroxylation is 1. The van der Waals surface area contributed by atoms with E-state index in [-0.39, 0.29) is 31.6 Å². The van der Waals surface area contributed by atoms with Crippen LogP contribution in [0.1, 0.15) is 48.6 Å². The predicted molar refractivity (Wildman–Crippen MR) is 143 cm³/mol. The van der Waals surface area contributed by atoms with Gasteiger partial charge in [0.25, 0.3) is 0 Å². The molecule has 40 heavy (non-hydrogen) atoms. The van der Waals surface area contributed by atoms with Crippen LogP contribution in [-0.2, 0) is 11.2 Å². The van der Waals surface area contributed by atoms with E-state index in [1.807, 2.05) is 39.0 Å². The molecule has 13 nitrogen and oxygen atoms in total. The Labute approximate surface area is 233 Å². The molecule has 13 heteroatoms. The molecule has 226 valence electrons. The first kappa shape index (κ1) is 32.2. The molecular weight excluding hydrogens is 526 g/mol. The summed E-state index contributed by atoms with van der Waals surface area (Å²) in [6, 6.07) is 5.70. The number of H-pyrrole nitrogens is 1. The summed E-state index contributed by atoms with van der Waals surface area (Å²) in [5, 5.41) is 78.4. The van der Waals surface area contributed by atoms with Gasteiger partial charge in [-0.05, 0) is 49.1 Å². The zero-order valence-electron chi connectivity index (χ0n) is 23.2. The summed E-state index contributed by atoms with van der Waals surface area (Å²) in [6.07, 6.45) is -6.00. The Morgan fingerprint density at radius 2 is 1.75 bits per heavy atom. The maximum absolute atomic E-state index is 10.4. The molecule has 0 radical (unpaired) electrons. The van der Waals surface area contributed by atoms with Crippen LogP contribution in [0.2, 0.25) is 0 Å². The van der Waals surface area contributed by atoms with Gasteiger partial charge in [-0.2, -0.15) is 0 Å². The van der Waals surface area contributed by atoms with Crippen molar-refractivity contribution in [2.24, 2.45) is 0 Å². The van der Waals surface area contributed by atoms with Gasteiger partial charge in [-0.3, -0.25) is 5.10 Å². The Morgan fingerprint density at radius 3 is 2.35 bits per heavy atom. The number of rotatable bonds is 15. The quantitative estimate of drug-likeness (QED) is 0.114. The van der Waals surface area contributed by atoms with Gasteiger partial charge in [0.1, 0.15) is 30.2 Å². The molecule has 0 aliphatic carbocycles. The number of aliphatic hydroxyl groups excluding tert-OH is 7. The van der Waals surface area contributed by atoms with E-state index in [0.717, 1.165) is 22.4 Å². The lowest BCUT2D eigenvalue weighted by Gasteiger charge is -2.39. The first-order valence-corrected chi connectivity index (χ1v) is 13.4. The van der Waals surface area contributed by atoms with Crippen molar-refractivity contribution in [1.82, 2.24) is 15.5 Å². The fraction of sp³-hybridized carbons (Fsp3) is 0.667. The molecule has 1 saturated heterocycles. The van der Waals surface area contributed by atoms with E-state index >= 15 is 0 Å². The van der Waals surface area contributed by atoms with Crippen LogP contribution in [0.3, 0.4) is 0 Å². The number of aromatic nitrogens is 2. The minimum atomic E-state index is -1.56. The van der Waals surface area contributed by atoms with Crippen LogP contribution in [0.4, 0.5) is 0 Å². The number of hydrogen-bond donors (Lipinski definition) is 9. The Bertz CT molecular complexity index is 1050. The first-order valence-electron chi connectivity index (χ1n) is 13.4. The first-order chi connectivity index (χ1) is 19.1. The summed E-state index contributed by atoms with van der Waals surface area (Å²) in [6.45, 7) is 5.07. The Balaban J connectivity index is 1.67. The van der Waals surface area contributed by atoms with Crippen molar-refractivity contribution in [3.8, 4) is 11.6 Å². The maximum atomic E-state index is 10.4. The van der Waals surface area contributed by atoms with Crippen LogP contribution in [0.25, 0.3) is 0 Å². The molecule has 1 fully saturated rings. The van der Waals surface area contributed by atoms with Gasteiger partial charge in [0.15, 0.2) is 0 Å². The number of aromatic amines is 1. The van der Waals surface area contributed by atoms with Gasteiger partial charge < -0.3 is 55.3 Å². The monoisotopic (exact) mass is 569 g/mol. The molecule has 0 bridgehead atoms. The van der Waals surface area contributed by atoms with Crippen LogP contribution in [0.15, 0.2) is 18.2 Å². The van der Waals surface area contributed by atoms with E-state index in [0.29, 0.717) is 31.7 Å². The van der Waals surface area contributed by atoms with Crippen LogP contribution in [-0.4, -0.2) is 122 Å². The molecule has 1 aliphatic rings. The summed E-state index contributed by atoms with van der Waals surface area (Å²) < 4.78 is 17.2. The van der Waals surface area contributed by atoms with Crippen LogP contribution >= 0.6 is 0 Å². The largest absolute Gasteiger partial charge is 0.494 e. The standard InChI is InChI=1S/C27H43N3O10/c1-15(2)21-19(25(30-29-21)40-26-24(37)23(36)22(35)20(11-31)39-26)10-17-5-6-18(9-16(17)3)38-8-4-7-28-27(12-32,13-33)14-34/h5-6,9,15,20,22-24,26,28,31-37H,4,7-8,10-14H2,1-3H3,(H,29,30)/t20-,22+,23+,24-,26+/m1/s1. The molecule has 0 spiro atoms. The maximum Gasteiger partial charge on any atom is 0.238 e. The summed E-state index contributed by atoms with van der Waals surface area (Å²) in [5.74, 6) is 0.936. The lowest BCUT2D eigenvalue weighted by Crippen LogP contribution is -2.60. The van der Waals surface area contributed by atoms with Crippen molar-refractivity contribution in [2.75, 3.05) is 39.6 Å².